The van der Waals surface area contributed by atoms with Gasteiger partial charge in [-0.3, -0.25) is 9.36 Å². The SMILES string of the molecule is CC1CCN(C(=O)CC#N)CC1N(C)c1ncnc2c1ccn2C(=O)N(C)CCN(C)C(=O)OCc1ccc(N)cc1. The number of likely N-dealkylation sites (tertiary alicyclic amines) is 1. The van der Waals surface area contributed by atoms with Crippen molar-refractivity contribution < 1.29 is 19.1 Å². The molecule has 3 amide bonds. The Hall–Kier alpha value is -4.86. The van der Waals surface area contributed by atoms with Crippen molar-refractivity contribution in [3.8, 4) is 6.07 Å². The van der Waals surface area contributed by atoms with E-state index in [1.807, 2.05) is 18.0 Å². The Bertz CT molecular complexity index is 1470. The summed E-state index contributed by atoms with van der Waals surface area (Å²) >= 11 is 0. The van der Waals surface area contributed by atoms with Gasteiger partial charge in [-0.2, -0.15) is 5.26 Å². The Morgan fingerprint density at radius 3 is 2.52 bits per heavy atom. The molecule has 0 saturated carbocycles. The largest absolute Gasteiger partial charge is 0.445 e. The number of amides is 3. The molecule has 3 aromatic rings. The minimum Gasteiger partial charge on any atom is -0.445 e. The van der Waals surface area contributed by atoms with Gasteiger partial charge in [0.2, 0.25) is 5.91 Å². The summed E-state index contributed by atoms with van der Waals surface area (Å²) < 4.78 is 6.82. The Morgan fingerprint density at radius 1 is 1.10 bits per heavy atom. The van der Waals surface area contributed by atoms with Gasteiger partial charge in [0.1, 0.15) is 25.2 Å². The zero-order chi connectivity index (χ0) is 30.4. The summed E-state index contributed by atoms with van der Waals surface area (Å²) in [5.74, 6) is 0.775. The second-order valence-corrected chi connectivity index (χ2v) is 10.7. The number of nitrogens with zero attached hydrogens (tertiary/aromatic N) is 8. The molecule has 2 N–H and O–H groups in total. The van der Waals surface area contributed by atoms with Gasteiger partial charge in [-0.1, -0.05) is 19.1 Å². The number of aromatic nitrogens is 3. The monoisotopic (exact) mass is 575 g/mol. The van der Waals surface area contributed by atoms with Crippen molar-refractivity contribution in [3.05, 3.63) is 48.4 Å². The van der Waals surface area contributed by atoms with Crippen LogP contribution >= 0.6 is 0 Å². The first-order chi connectivity index (χ1) is 20.1. The lowest BCUT2D eigenvalue weighted by Crippen LogP contribution is -2.52. The van der Waals surface area contributed by atoms with Crippen LogP contribution in [0.5, 0.6) is 0 Å². The van der Waals surface area contributed by atoms with Gasteiger partial charge in [0.25, 0.3) is 0 Å². The van der Waals surface area contributed by atoms with Crippen LogP contribution in [0.3, 0.4) is 0 Å². The molecule has 13 heteroatoms. The number of fused-ring (bicyclic) bond motifs is 1. The molecule has 2 unspecified atom stereocenters. The molecule has 13 nitrogen and oxygen atoms in total. The number of piperidine rings is 1. The molecule has 1 saturated heterocycles. The summed E-state index contributed by atoms with van der Waals surface area (Å²) in [6.07, 6.45) is 3.27. The van der Waals surface area contributed by atoms with E-state index in [-0.39, 0.29) is 50.0 Å². The molecule has 222 valence electrons. The predicted octanol–water partition coefficient (Wildman–Crippen LogP) is 2.77. The average molecular weight is 576 g/mol. The lowest BCUT2D eigenvalue weighted by Gasteiger charge is -2.42. The van der Waals surface area contributed by atoms with E-state index in [4.69, 9.17) is 15.7 Å². The van der Waals surface area contributed by atoms with E-state index >= 15 is 0 Å². The fourth-order valence-electron chi connectivity index (χ4n) is 5.03. The number of nitrogen functional groups attached to an aromatic ring is 1. The van der Waals surface area contributed by atoms with Crippen molar-refractivity contribution in [2.24, 2.45) is 5.92 Å². The molecule has 4 rings (SSSR count). The Balaban J connectivity index is 1.39. The summed E-state index contributed by atoms with van der Waals surface area (Å²) in [5.41, 5.74) is 7.61. The Morgan fingerprint density at radius 2 is 1.81 bits per heavy atom. The minimum atomic E-state index is -0.496. The van der Waals surface area contributed by atoms with Gasteiger partial charge in [-0.15, -0.1) is 0 Å². The van der Waals surface area contributed by atoms with Crippen LogP contribution in [-0.4, -0.2) is 101 Å². The normalized spacial score (nSPS) is 16.5. The van der Waals surface area contributed by atoms with E-state index in [2.05, 4.69) is 16.9 Å². The highest BCUT2D eigenvalue weighted by atomic mass is 16.6. The third-order valence-electron chi connectivity index (χ3n) is 7.75. The van der Waals surface area contributed by atoms with Gasteiger partial charge in [0.15, 0.2) is 5.65 Å². The fourth-order valence-corrected chi connectivity index (χ4v) is 5.03. The van der Waals surface area contributed by atoms with E-state index in [0.29, 0.717) is 35.6 Å². The number of carbonyl (C=O) groups is 3. The van der Waals surface area contributed by atoms with E-state index in [9.17, 15) is 14.4 Å². The van der Waals surface area contributed by atoms with Crippen LogP contribution in [0.1, 0.15) is 25.3 Å². The molecule has 1 aromatic carbocycles. The fraction of sp³-hybridized carbons (Fsp3) is 0.448. The van der Waals surface area contributed by atoms with Gasteiger partial charge < -0.3 is 30.1 Å². The van der Waals surface area contributed by atoms with Gasteiger partial charge in [0, 0.05) is 59.2 Å². The van der Waals surface area contributed by atoms with E-state index in [0.717, 1.165) is 12.0 Å². The molecule has 3 heterocycles. The van der Waals surface area contributed by atoms with Crippen molar-refractivity contribution in [1.82, 2.24) is 29.2 Å². The number of anilines is 2. The van der Waals surface area contributed by atoms with Gasteiger partial charge in [0.05, 0.1) is 17.5 Å². The van der Waals surface area contributed by atoms with Crippen LogP contribution in [0, 0.1) is 17.2 Å². The van der Waals surface area contributed by atoms with Crippen LogP contribution in [0.2, 0.25) is 0 Å². The lowest BCUT2D eigenvalue weighted by molar-refractivity contribution is -0.131. The summed E-state index contributed by atoms with van der Waals surface area (Å²) in [6, 6.07) is 10.5. The highest BCUT2D eigenvalue weighted by Gasteiger charge is 2.33. The standard InChI is InChI=1S/C29H37N9O4/c1-20-10-13-37(25(39)9-12-30)17-24(20)36(4)26-23-11-14-38(27(23)33-19-32-26)28(40)34(2)15-16-35(3)29(41)42-18-21-5-7-22(31)8-6-21/h5-8,11,14,19-20,24H,9-10,13,15-18,31H2,1-4H3. The summed E-state index contributed by atoms with van der Waals surface area (Å²) in [4.78, 5) is 53.8. The number of ether oxygens (including phenoxy) is 1. The summed E-state index contributed by atoms with van der Waals surface area (Å²) in [6.45, 7) is 3.92. The highest BCUT2D eigenvalue weighted by Crippen LogP contribution is 2.30. The minimum absolute atomic E-state index is 0.0171. The number of rotatable bonds is 8. The van der Waals surface area contributed by atoms with Crippen molar-refractivity contribution in [3.63, 3.8) is 0 Å². The quantitative estimate of drug-likeness (QED) is 0.399. The highest BCUT2D eigenvalue weighted by molar-refractivity contribution is 5.94. The van der Waals surface area contributed by atoms with Gasteiger partial charge in [-0.05, 0) is 36.1 Å². The van der Waals surface area contributed by atoms with Crippen LogP contribution < -0.4 is 10.6 Å². The smallest absolute Gasteiger partial charge is 0.409 e. The molecular weight excluding hydrogens is 538 g/mol. The molecule has 0 spiro atoms. The molecule has 2 aromatic heterocycles. The molecule has 1 aliphatic heterocycles. The molecule has 0 radical (unpaired) electrons. The predicted molar refractivity (Wildman–Crippen MR) is 157 cm³/mol. The first-order valence-electron chi connectivity index (χ1n) is 13.8. The van der Waals surface area contributed by atoms with Crippen molar-refractivity contribution >= 4 is 40.6 Å². The number of carbonyl (C=O) groups excluding carboxylic acids is 3. The Kier molecular flexibility index (Phi) is 9.46. The Labute approximate surface area is 245 Å². The molecule has 1 fully saturated rings. The summed E-state index contributed by atoms with van der Waals surface area (Å²) in [7, 11) is 5.20. The maximum atomic E-state index is 13.4. The molecule has 2 atom stereocenters. The van der Waals surface area contributed by atoms with Crippen LogP contribution in [0.4, 0.5) is 21.1 Å². The van der Waals surface area contributed by atoms with Crippen LogP contribution in [-0.2, 0) is 16.1 Å². The topological polar surface area (TPSA) is 154 Å². The van der Waals surface area contributed by atoms with Crippen molar-refractivity contribution in [1.29, 1.82) is 5.26 Å². The zero-order valence-corrected chi connectivity index (χ0v) is 24.4. The van der Waals surface area contributed by atoms with Gasteiger partial charge in [-0.25, -0.2) is 19.6 Å². The van der Waals surface area contributed by atoms with Crippen molar-refractivity contribution in [2.75, 3.05) is 58.0 Å². The third kappa shape index (κ3) is 6.71. The summed E-state index contributed by atoms with van der Waals surface area (Å²) in [5, 5.41) is 9.65. The number of likely N-dealkylation sites (N-methyl/N-ethyl adjacent to an activating group) is 3. The second-order valence-electron chi connectivity index (χ2n) is 10.7. The zero-order valence-electron chi connectivity index (χ0n) is 24.4. The van der Waals surface area contributed by atoms with Crippen LogP contribution in [0.15, 0.2) is 42.9 Å². The molecule has 0 bridgehead atoms. The number of hydrogen-bond acceptors (Lipinski definition) is 9. The molecule has 0 aliphatic carbocycles. The van der Waals surface area contributed by atoms with E-state index < -0.39 is 6.09 Å². The van der Waals surface area contributed by atoms with E-state index in [1.54, 1.807) is 55.5 Å². The third-order valence-corrected chi connectivity index (χ3v) is 7.75. The maximum Gasteiger partial charge on any atom is 0.409 e. The van der Waals surface area contributed by atoms with Crippen LogP contribution in [0.25, 0.3) is 11.0 Å². The molecule has 42 heavy (non-hydrogen) atoms. The molecule has 1 aliphatic rings. The first-order valence-corrected chi connectivity index (χ1v) is 13.8. The molecular formula is C29H37N9O4. The first kappa shape index (κ1) is 30.1. The number of hydrogen-bond donors (Lipinski definition) is 1. The number of benzene rings is 1. The van der Waals surface area contributed by atoms with Gasteiger partial charge >= 0.3 is 12.1 Å². The number of nitriles is 1. The maximum absolute atomic E-state index is 13.4. The van der Waals surface area contributed by atoms with Crippen molar-refractivity contribution in [2.45, 2.75) is 32.4 Å². The average Bonchev–Trinajstić information content (AvgIpc) is 3.43. The second kappa shape index (κ2) is 13.2. The number of nitrogens with two attached hydrogens (primary N) is 1. The lowest BCUT2D eigenvalue weighted by atomic mass is 9.92. The van der Waals surface area contributed by atoms with E-state index in [1.165, 1.54) is 20.7 Å².